The van der Waals surface area contributed by atoms with Crippen LogP contribution < -0.4 is 0 Å². The lowest BCUT2D eigenvalue weighted by Gasteiger charge is -2.03. The number of imidazole rings is 1. The van der Waals surface area contributed by atoms with Crippen molar-refractivity contribution in [1.29, 1.82) is 0 Å². The summed E-state index contributed by atoms with van der Waals surface area (Å²) in [6.07, 6.45) is 2.71. The van der Waals surface area contributed by atoms with Crippen LogP contribution in [-0.2, 0) is 16.0 Å². The summed E-state index contributed by atoms with van der Waals surface area (Å²) in [5.74, 6) is 0.586. The molecule has 0 saturated carbocycles. The Morgan fingerprint density at radius 3 is 2.79 bits per heavy atom. The molecule has 0 saturated heterocycles. The molecule has 0 atom stereocenters. The van der Waals surface area contributed by atoms with Crippen LogP contribution in [0.2, 0.25) is 0 Å². The molecule has 1 heterocycles. The second kappa shape index (κ2) is 5.69. The van der Waals surface area contributed by atoms with Crippen molar-refractivity contribution in [3.8, 4) is 11.3 Å². The average molecular weight is 258 g/mol. The van der Waals surface area contributed by atoms with E-state index in [-0.39, 0.29) is 5.97 Å². The number of aromatic nitrogens is 2. The highest BCUT2D eigenvalue weighted by Gasteiger charge is 2.07. The van der Waals surface area contributed by atoms with Crippen LogP contribution in [0.1, 0.15) is 23.4 Å². The number of methoxy groups -OCH3 is 1. The maximum Gasteiger partial charge on any atom is 0.305 e. The molecular weight excluding hydrogens is 240 g/mol. The number of aryl methyl sites for hydroxylation is 3. The first-order valence-electron chi connectivity index (χ1n) is 6.28. The maximum atomic E-state index is 11.1. The van der Waals surface area contributed by atoms with E-state index >= 15 is 0 Å². The molecule has 0 aliphatic carbocycles. The fourth-order valence-corrected chi connectivity index (χ4v) is 1.87. The largest absolute Gasteiger partial charge is 0.469 e. The van der Waals surface area contributed by atoms with Gasteiger partial charge in [0.1, 0.15) is 5.82 Å². The number of hydrogen-bond donors (Lipinski definition) is 1. The molecule has 0 fully saturated rings. The number of rotatable bonds is 4. The van der Waals surface area contributed by atoms with Crippen molar-refractivity contribution in [1.82, 2.24) is 9.97 Å². The number of carbonyl (C=O) groups is 1. The first-order valence-corrected chi connectivity index (χ1v) is 6.28. The van der Waals surface area contributed by atoms with Crippen LogP contribution in [-0.4, -0.2) is 23.0 Å². The van der Waals surface area contributed by atoms with Crippen LogP contribution in [0, 0.1) is 13.8 Å². The predicted molar refractivity (Wildman–Crippen MR) is 73.8 cm³/mol. The molecule has 0 aliphatic rings. The summed E-state index contributed by atoms with van der Waals surface area (Å²) in [4.78, 5) is 18.6. The minimum absolute atomic E-state index is 0.218. The zero-order valence-electron chi connectivity index (χ0n) is 11.5. The van der Waals surface area contributed by atoms with Gasteiger partial charge in [0.2, 0.25) is 0 Å². The smallest absolute Gasteiger partial charge is 0.305 e. The van der Waals surface area contributed by atoms with E-state index in [9.17, 15) is 4.79 Å². The minimum atomic E-state index is -0.218. The summed E-state index contributed by atoms with van der Waals surface area (Å²) in [6, 6.07) is 6.30. The van der Waals surface area contributed by atoms with Crippen LogP contribution in [0.15, 0.2) is 24.4 Å². The van der Waals surface area contributed by atoms with E-state index in [4.69, 9.17) is 0 Å². The Bertz CT molecular complexity index is 588. The summed E-state index contributed by atoms with van der Waals surface area (Å²) in [5.41, 5.74) is 4.61. The molecule has 2 aromatic rings. The number of aromatic amines is 1. The number of nitrogens with one attached hydrogen (secondary N) is 1. The summed E-state index contributed by atoms with van der Waals surface area (Å²) in [7, 11) is 1.39. The van der Waals surface area contributed by atoms with E-state index in [2.05, 4.69) is 46.8 Å². The molecule has 1 aromatic carbocycles. The van der Waals surface area contributed by atoms with Crippen molar-refractivity contribution in [2.75, 3.05) is 7.11 Å². The molecule has 0 spiro atoms. The molecule has 0 unspecified atom stereocenters. The summed E-state index contributed by atoms with van der Waals surface area (Å²) < 4.78 is 4.61. The third-order valence-corrected chi connectivity index (χ3v) is 3.24. The molecule has 1 N–H and O–H groups in total. The molecule has 0 amide bonds. The van der Waals surface area contributed by atoms with Crippen molar-refractivity contribution < 1.29 is 9.53 Å². The number of nitrogens with zero attached hydrogens (tertiary/aromatic N) is 1. The van der Waals surface area contributed by atoms with Gasteiger partial charge in [0.25, 0.3) is 0 Å². The predicted octanol–water partition coefficient (Wildman–Crippen LogP) is 2.80. The number of benzene rings is 1. The topological polar surface area (TPSA) is 55.0 Å². The zero-order chi connectivity index (χ0) is 13.8. The zero-order valence-corrected chi connectivity index (χ0v) is 11.5. The lowest BCUT2D eigenvalue weighted by Crippen LogP contribution is -2.02. The number of ether oxygens (including phenoxy) is 1. The molecule has 4 nitrogen and oxygen atoms in total. The Balaban J connectivity index is 2.12. The van der Waals surface area contributed by atoms with Gasteiger partial charge in [0, 0.05) is 6.42 Å². The molecule has 1 aromatic heterocycles. The van der Waals surface area contributed by atoms with Gasteiger partial charge in [0.05, 0.1) is 25.4 Å². The van der Waals surface area contributed by atoms with Crippen LogP contribution in [0.5, 0.6) is 0 Å². The fourth-order valence-electron chi connectivity index (χ4n) is 1.87. The van der Waals surface area contributed by atoms with E-state index < -0.39 is 0 Å². The van der Waals surface area contributed by atoms with Gasteiger partial charge in [-0.2, -0.15) is 0 Å². The van der Waals surface area contributed by atoms with Crippen molar-refractivity contribution in [2.45, 2.75) is 26.7 Å². The first-order chi connectivity index (χ1) is 9.10. The maximum absolute atomic E-state index is 11.1. The summed E-state index contributed by atoms with van der Waals surface area (Å²) >= 11 is 0. The lowest BCUT2D eigenvalue weighted by atomic mass is 10.1. The van der Waals surface area contributed by atoms with E-state index in [0.29, 0.717) is 12.8 Å². The van der Waals surface area contributed by atoms with Gasteiger partial charge in [-0.3, -0.25) is 4.79 Å². The third kappa shape index (κ3) is 3.22. The Labute approximate surface area is 112 Å². The highest BCUT2D eigenvalue weighted by Crippen LogP contribution is 2.20. The van der Waals surface area contributed by atoms with E-state index in [1.165, 1.54) is 18.2 Å². The molecule has 4 heteroatoms. The van der Waals surface area contributed by atoms with Crippen molar-refractivity contribution >= 4 is 5.97 Å². The normalized spacial score (nSPS) is 10.5. The Morgan fingerprint density at radius 1 is 1.32 bits per heavy atom. The Kier molecular flexibility index (Phi) is 4.00. The van der Waals surface area contributed by atoms with E-state index in [1.807, 2.05) is 0 Å². The van der Waals surface area contributed by atoms with Crippen molar-refractivity contribution in [3.63, 3.8) is 0 Å². The fraction of sp³-hybridized carbons (Fsp3) is 0.333. The standard InChI is InChI=1S/C15H18N2O2/c1-10-4-5-12(8-11(10)2)13-9-16-14(17-13)6-7-15(18)19-3/h4-5,8-9H,6-7H2,1-3H3,(H,16,17). The highest BCUT2D eigenvalue weighted by molar-refractivity contribution is 5.69. The van der Waals surface area contributed by atoms with Gasteiger partial charge in [-0.25, -0.2) is 4.98 Å². The summed E-state index contributed by atoms with van der Waals surface area (Å²) in [5, 5.41) is 0. The van der Waals surface area contributed by atoms with Crippen LogP contribution in [0.3, 0.4) is 0 Å². The van der Waals surface area contributed by atoms with E-state index in [1.54, 1.807) is 6.20 Å². The van der Waals surface area contributed by atoms with Crippen LogP contribution in [0.25, 0.3) is 11.3 Å². The van der Waals surface area contributed by atoms with E-state index in [0.717, 1.165) is 17.1 Å². The molecule has 0 aliphatic heterocycles. The monoisotopic (exact) mass is 258 g/mol. The van der Waals surface area contributed by atoms with Crippen molar-refractivity contribution in [3.05, 3.63) is 41.3 Å². The Hall–Kier alpha value is -2.10. The average Bonchev–Trinajstić information content (AvgIpc) is 2.88. The summed E-state index contributed by atoms with van der Waals surface area (Å²) in [6.45, 7) is 4.18. The second-order valence-corrected chi connectivity index (χ2v) is 4.62. The van der Waals surface area contributed by atoms with Gasteiger partial charge in [-0.05, 0) is 36.6 Å². The van der Waals surface area contributed by atoms with Crippen molar-refractivity contribution in [2.24, 2.45) is 0 Å². The number of H-pyrrole nitrogens is 1. The number of esters is 1. The van der Waals surface area contributed by atoms with Crippen LogP contribution >= 0.6 is 0 Å². The molecule has 0 bridgehead atoms. The van der Waals surface area contributed by atoms with Gasteiger partial charge in [-0.15, -0.1) is 0 Å². The quantitative estimate of drug-likeness (QED) is 0.858. The second-order valence-electron chi connectivity index (χ2n) is 4.62. The third-order valence-electron chi connectivity index (χ3n) is 3.24. The van der Waals surface area contributed by atoms with Gasteiger partial charge >= 0.3 is 5.97 Å². The Morgan fingerprint density at radius 2 is 2.11 bits per heavy atom. The van der Waals surface area contributed by atoms with Gasteiger partial charge in [0.15, 0.2) is 0 Å². The van der Waals surface area contributed by atoms with Crippen LogP contribution in [0.4, 0.5) is 0 Å². The highest BCUT2D eigenvalue weighted by atomic mass is 16.5. The van der Waals surface area contributed by atoms with Gasteiger partial charge in [-0.1, -0.05) is 12.1 Å². The van der Waals surface area contributed by atoms with Gasteiger partial charge < -0.3 is 9.72 Å². The molecular formula is C15H18N2O2. The SMILES string of the molecule is COC(=O)CCc1ncc(-c2ccc(C)c(C)c2)[nH]1. The number of carbonyl (C=O) groups excluding carboxylic acids is 1. The lowest BCUT2D eigenvalue weighted by molar-refractivity contribution is -0.140. The molecule has 2 rings (SSSR count). The molecule has 19 heavy (non-hydrogen) atoms. The molecule has 0 radical (unpaired) electrons. The number of hydrogen-bond acceptors (Lipinski definition) is 3. The minimum Gasteiger partial charge on any atom is -0.469 e. The molecule has 100 valence electrons. The first kappa shape index (κ1) is 13.3.